The number of carbonyl (C=O) groups is 2. The van der Waals surface area contributed by atoms with E-state index in [0.717, 1.165) is 16.9 Å². The van der Waals surface area contributed by atoms with Gasteiger partial charge in [0.2, 0.25) is 5.91 Å². The highest BCUT2D eigenvalue weighted by molar-refractivity contribution is 7.80. The Hall–Kier alpha value is -3.93. The number of halogens is 1. The Balaban J connectivity index is 1.52. The highest BCUT2D eigenvalue weighted by atomic mass is 32.1. The van der Waals surface area contributed by atoms with E-state index < -0.39 is 11.7 Å². The van der Waals surface area contributed by atoms with Crippen molar-refractivity contribution in [3.05, 3.63) is 83.1 Å². The third-order valence-electron chi connectivity index (χ3n) is 5.12. The number of ether oxygens (including phenoxy) is 1. The Bertz CT molecular complexity index is 1430. The molecule has 4 aromatic rings. The van der Waals surface area contributed by atoms with Crippen LogP contribution in [0.3, 0.4) is 0 Å². The molecule has 2 heterocycles. The number of nitrogens with two attached hydrogens (primary N) is 2. The second-order valence-corrected chi connectivity index (χ2v) is 9.11. The minimum atomic E-state index is -0.649. The van der Waals surface area contributed by atoms with Crippen molar-refractivity contribution in [2.75, 3.05) is 18.0 Å². The van der Waals surface area contributed by atoms with Crippen LogP contribution in [-0.4, -0.2) is 35.0 Å². The van der Waals surface area contributed by atoms with Crippen LogP contribution in [0.1, 0.15) is 15.2 Å². The summed E-state index contributed by atoms with van der Waals surface area (Å²) in [5.74, 6) is -1.21. The number of pyridine rings is 1. The van der Waals surface area contributed by atoms with Crippen LogP contribution in [0.25, 0.3) is 10.2 Å². The first-order valence-corrected chi connectivity index (χ1v) is 12.1. The number of nitrogens with zero attached hydrogens (tertiary/aromatic N) is 2. The summed E-state index contributed by atoms with van der Waals surface area (Å²) in [5.41, 5.74) is 12.9. The molecule has 36 heavy (non-hydrogen) atoms. The highest BCUT2D eigenvalue weighted by Gasteiger charge is 2.18. The Labute approximate surface area is 215 Å². The summed E-state index contributed by atoms with van der Waals surface area (Å²) in [6.45, 7) is 0.490. The highest BCUT2D eigenvalue weighted by Crippen LogP contribution is 2.36. The van der Waals surface area contributed by atoms with Crippen LogP contribution >= 0.6 is 23.6 Å². The van der Waals surface area contributed by atoms with Gasteiger partial charge in [-0.15, -0.1) is 11.3 Å². The summed E-state index contributed by atoms with van der Waals surface area (Å²) in [6.07, 6.45) is 1.65. The number of benzene rings is 2. The second kappa shape index (κ2) is 11.2. The van der Waals surface area contributed by atoms with Crippen molar-refractivity contribution >= 4 is 56.4 Å². The number of thiophene rings is 1. The standard InChI is InChI=1S/C25H22FN5O3S2/c26-17-13-16(31(11-9-27)25(35)30-22(32)12-15-4-2-1-3-5-15)6-7-19(17)34-20-8-10-29-18-14-21(24(28)33)36-23(18)20/h1-8,10,13-14H,9,11-12,27H2,(H2,28,33)(H,30,32,35). The van der Waals surface area contributed by atoms with Gasteiger partial charge in [0, 0.05) is 37.1 Å². The van der Waals surface area contributed by atoms with Crippen molar-refractivity contribution in [1.29, 1.82) is 0 Å². The van der Waals surface area contributed by atoms with Gasteiger partial charge in [-0.3, -0.25) is 14.6 Å². The van der Waals surface area contributed by atoms with Gasteiger partial charge in [-0.05, 0) is 36.0 Å². The zero-order valence-corrected chi connectivity index (χ0v) is 20.6. The van der Waals surface area contributed by atoms with Gasteiger partial charge in [-0.2, -0.15) is 0 Å². The van der Waals surface area contributed by atoms with Gasteiger partial charge >= 0.3 is 0 Å². The fraction of sp³-hybridized carbons (Fsp3) is 0.120. The number of primary amides is 1. The third kappa shape index (κ3) is 5.82. The quantitative estimate of drug-likeness (QED) is 0.301. The lowest BCUT2D eigenvalue weighted by Crippen LogP contribution is -2.45. The number of hydrogen-bond donors (Lipinski definition) is 3. The zero-order valence-electron chi connectivity index (χ0n) is 18.9. The lowest BCUT2D eigenvalue weighted by Gasteiger charge is -2.25. The minimum absolute atomic E-state index is 0.0352. The van der Waals surface area contributed by atoms with E-state index in [9.17, 15) is 9.59 Å². The molecule has 0 fully saturated rings. The van der Waals surface area contributed by atoms with E-state index in [-0.39, 0.29) is 36.3 Å². The number of carbonyl (C=O) groups excluding carboxylic acids is 2. The van der Waals surface area contributed by atoms with Gasteiger partial charge < -0.3 is 26.4 Å². The molecule has 0 radical (unpaired) electrons. The molecule has 4 rings (SSSR count). The molecule has 184 valence electrons. The molecule has 0 aliphatic heterocycles. The Kier molecular flexibility index (Phi) is 7.84. The number of thiocarbonyl (C=S) groups is 1. The van der Waals surface area contributed by atoms with Gasteiger partial charge in [0.05, 0.1) is 21.5 Å². The van der Waals surface area contributed by atoms with Crippen LogP contribution in [0.2, 0.25) is 0 Å². The molecule has 0 unspecified atom stereocenters. The smallest absolute Gasteiger partial charge is 0.258 e. The molecule has 8 nitrogen and oxygen atoms in total. The summed E-state index contributed by atoms with van der Waals surface area (Å²) < 4.78 is 21.5. The fourth-order valence-electron chi connectivity index (χ4n) is 3.46. The zero-order chi connectivity index (χ0) is 25.7. The normalized spacial score (nSPS) is 10.7. The molecule has 0 bridgehead atoms. The second-order valence-electron chi connectivity index (χ2n) is 7.67. The molecule has 0 spiro atoms. The average molecular weight is 524 g/mol. The first-order chi connectivity index (χ1) is 17.4. The van der Waals surface area contributed by atoms with Crippen molar-refractivity contribution in [3.63, 3.8) is 0 Å². The predicted octanol–water partition coefficient (Wildman–Crippen LogP) is 3.74. The van der Waals surface area contributed by atoms with Crippen LogP contribution in [0.4, 0.5) is 10.1 Å². The number of anilines is 1. The van der Waals surface area contributed by atoms with Crippen molar-refractivity contribution in [2.45, 2.75) is 6.42 Å². The average Bonchev–Trinajstić information content (AvgIpc) is 3.30. The van der Waals surface area contributed by atoms with Crippen LogP contribution < -0.4 is 26.4 Å². The molecule has 5 N–H and O–H groups in total. The van der Waals surface area contributed by atoms with E-state index >= 15 is 4.39 Å². The lowest BCUT2D eigenvalue weighted by molar-refractivity contribution is -0.119. The van der Waals surface area contributed by atoms with Crippen LogP contribution in [0.15, 0.2) is 66.9 Å². The molecule has 0 saturated heterocycles. The lowest BCUT2D eigenvalue weighted by atomic mass is 10.1. The number of hydrogen-bond acceptors (Lipinski definition) is 7. The molecule has 2 amide bonds. The molecule has 0 aliphatic carbocycles. The molecule has 0 saturated carbocycles. The van der Waals surface area contributed by atoms with E-state index in [0.29, 0.717) is 26.5 Å². The van der Waals surface area contributed by atoms with Gasteiger partial charge in [0.15, 0.2) is 16.7 Å². The Morgan fingerprint density at radius 1 is 1.11 bits per heavy atom. The van der Waals surface area contributed by atoms with E-state index in [2.05, 4.69) is 10.3 Å². The van der Waals surface area contributed by atoms with Gasteiger partial charge in [-0.25, -0.2) is 4.39 Å². The largest absolute Gasteiger partial charge is 0.453 e. The van der Waals surface area contributed by atoms with Crippen molar-refractivity contribution in [2.24, 2.45) is 11.5 Å². The third-order valence-corrected chi connectivity index (χ3v) is 6.59. The molecular weight excluding hydrogens is 501 g/mol. The van der Waals surface area contributed by atoms with E-state index in [4.69, 9.17) is 28.4 Å². The van der Waals surface area contributed by atoms with Crippen molar-refractivity contribution in [1.82, 2.24) is 10.3 Å². The fourth-order valence-corrected chi connectivity index (χ4v) is 4.69. The Morgan fingerprint density at radius 3 is 2.58 bits per heavy atom. The molecule has 2 aromatic carbocycles. The molecule has 11 heteroatoms. The van der Waals surface area contributed by atoms with Gasteiger partial charge in [0.25, 0.3) is 5.91 Å². The first kappa shape index (κ1) is 25.2. The first-order valence-electron chi connectivity index (χ1n) is 10.9. The van der Waals surface area contributed by atoms with Crippen LogP contribution in [0.5, 0.6) is 11.5 Å². The SMILES string of the molecule is NCCN(C(=S)NC(=O)Cc1ccccc1)c1ccc(Oc2ccnc3cc(C(N)=O)sc23)c(F)c1. The van der Waals surface area contributed by atoms with Gasteiger partial charge in [-0.1, -0.05) is 30.3 Å². The Morgan fingerprint density at radius 2 is 1.89 bits per heavy atom. The number of aromatic nitrogens is 1. The maximum absolute atomic E-state index is 15.1. The molecular formula is C25H22FN5O3S2. The summed E-state index contributed by atoms with van der Waals surface area (Å²) in [7, 11) is 0. The maximum atomic E-state index is 15.1. The van der Waals surface area contributed by atoms with Crippen LogP contribution in [-0.2, 0) is 11.2 Å². The summed E-state index contributed by atoms with van der Waals surface area (Å²) >= 11 is 6.53. The van der Waals surface area contributed by atoms with E-state index in [1.54, 1.807) is 23.1 Å². The molecule has 0 aliphatic rings. The van der Waals surface area contributed by atoms with E-state index in [1.165, 1.54) is 18.3 Å². The number of fused-ring (bicyclic) bond motifs is 1. The monoisotopic (exact) mass is 523 g/mol. The molecule has 2 aromatic heterocycles. The van der Waals surface area contributed by atoms with Crippen LogP contribution in [0, 0.1) is 5.82 Å². The minimum Gasteiger partial charge on any atom is -0.453 e. The number of nitrogens with one attached hydrogen (secondary N) is 1. The number of amides is 2. The van der Waals surface area contributed by atoms with Gasteiger partial charge in [0.1, 0.15) is 5.75 Å². The summed E-state index contributed by atoms with van der Waals surface area (Å²) in [5, 5.41) is 2.80. The van der Waals surface area contributed by atoms with Crippen molar-refractivity contribution < 1.29 is 18.7 Å². The topological polar surface area (TPSA) is 124 Å². The maximum Gasteiger partial charge on any atom is 0.258 e. The van der Waals surface area contributed by atoms with E-state index in [1.807, 2.05) is 30.3 Å². The summed E-state index contributed by atoms with van der Waals surface area (Å²) in [4.78, 5) is 30.0. The van der Waals surface area contributed by atoms with Crippen molar-refractivity contribution in [3.8, 4) is 11.5 Å². The molecule has 0 atom stereocenters. The number of rotatable bonds is 8. The predicted molar refractivity (Wildman–Crippen MR) is 142 cm³/mol. The summed E-state index contributed by atoms with van der Waals surface area (Å²) in [6, 6.07) is 16.7.